The van der Waals surface area contributed by atoms with E-state index in [9.17, 15) is 4.79 Å². The molecule has 7 heteroatoms. The molecule has 2 N–H and O–H groups in total. The van der Waals surface area contributed by atoms with Crippen molar-refractivity contribution >= 4 is 17.3 Å². The van der Waals surface area contributed by atoms with Gasteiger partial charge in [-0.3, -0.25) is 14.4 Å². The fraction of sp³-hybridized carbons (Fsp3) is 0.250. The molecule has 0 bridgehead atoms. The van der Waals surface area contributed by atoms with Crippen LogP contribution in [0.3, 0.4) is 0 Å². The second-order valence-corrected chi connectivity index (χ2v) is 4.38. The monoisotopic (exact) mass is 259 g/mol. The summed E-state index contributed by atoms with van der Waals surface area (Å²) in [5.41, 5.74) is 7.73. The van der Waals surface area contributed by atoms with E-state index in [1.807, 2.05) is 0 Å². The van der Waals surface area contributed by atoms with Gasteiger partial charge in [0, 0.05) is 18.9 Å². The zero-order valence-corrected chi connectivity index (χ0v) is 10.4. The Balaban J connectivity index is 1.96. The summed E-state index contributed by atoms with van der Waals surface area (Å²) < 4.78 is 6.97. The molecule has 98 valence electrons. The van der Waals surface area contributed by atoms with Crippen molar-refractivity contribution in [2.45, 2.75) is 6.54 Å². The summed E-state index contributed by atoms with van der Waals surface area (Å²) in [6, 6.07) is 5.23. The van der Waals surface area contributed by atoms with Gasteiger partial charge in [0.2, 0.25) is 0 Å². The summed E-state index contributed by atoms with van der Waals surface area (Å²) in [6.07, 6.45) is 1.77. The topological polar surface area (TPSA) is 86.3 Å². The molecule has 7 nitrogen and oxygen atoms in total. The SMILES string of the molecule is Cn1cc(CN2C(=O)COc3ccc(N)cc32)nn1. The summed E-state index contributed by atoms with van der Waals surface area (Å²) in [4.78, 5) is 13.6. The minimum Gasteiger partial charge on any atom is -0.482 e. The Hall–Kier alpha value is -2.57. The Morgan fingerprint density at radius 1 is 1.47 bits per heavy atom. The number of hydrogen-bond donors (Lipinski definition) is 1. The van der Waals surface area contributed by atoms with Crippen LogP contribution < -0.4 is 15.4 Å². The molecule has 0 fully saturated rings. The predicted molar refractivity (Wildman–Crippen MR) is 68.5 cm³/mol. The number of amides is 1. The smallest absolute Gasteiger partial charge is 0.265 e. The number of rotatable bonds is 2. The standard InChI is InChI=1S/C12H13N5O2/c1-16-5-9(14-15-16)6-17-10-4-8(13)2-3-11(10)19-7-12(17)18/h2-5H,6-7,13H2,1H3. The number of carbonyl (C=O) groups is 1. The largest absolute Gasteiger partial charge is 0.482 e. The van der Waals surface area contributed by atoms with Crippen LogP contribution in [0.4, 0.5) is 11.4 Å². The lowest BCUT2D eigenvalue weighted by Gasteiger charge is -2.28. The maximum Gasteiger partial charge on any atom is 0.265 e. The highest BCUT2D eigenvalue weighted by molar-refractivity contribution is 5.98. The van der Waals surface area contributed by atoms with E-state index in [1.54, 1.807) is 41.0 Å². The normalized spacial score (nSPS) is 14.2. The lowest BCUT2D eigenvalue weighted by atomic mass is 10.2. The number of nitrogens with two attached hydrogens (primary N) is 1. The zero-order chi connectivity index (χ0) is 13.4. The molecule has 0 aliphatic carbocycles. The van der Waals surface area contributed by atoms with Crippen molar-refractivity contribution in [2.24, 2.45) is 7.05 Å². The predicted octanol–water partition coefficient (Wildman–Crippen LogP) is 0.323. The molecular formula is C12H13N5O2. The number of fused-ring (bicyclic) bond motifs is 1. The van der Waals surface area contributed by atoms with E-state index in [0.717, 1.165) is 0 Å². The van der Waals surface area contributed by atoms with E-state index >= 15 is 0 Å². The number of nitrogen functional groups attached to an aromatic ring is 1. The van der Waals surface area contributed by atoms with Gasteiger partial charge in [0.1, 0.15) is 11.4 Å². The van der Waals surface area contributed by atoms with Crippen LogP contribution in [-0.4, -0.2) is 27.5 Å². The number of aromatic nitrogens is 3. The highest BCUT2D eigenvalue weighted by Gasteiger charge is 2.26. The second kappa shape index (κ2) is 4.27. The summed E-state index contributed by atoms with van der Waals surface area (Å²) in [5, 5.41) is 7.84. The molecule has 1 amide bonds. The molecule has 0 radical (unpaired) electrons. The van der Waals surface area contributed by atoms with Gasteiger partial charge in [0.25, 0.3) is 5.91 Å². The van der Waals surface area contributed by atoms with Crippen molar-refractivity contribution in [1.29, 1.82) is 0 Å². The average Bonchev–Trinajstić information content (AvgIpc) is 2.79. The molecule has 0 spiro atoms. The number of hydrogen-bond acceptors (Lipinski definition) is 5. The van der Waals surface area contributed by atoms with Gasteiger partial charge in [0.15, 0.2) is 6.61 Å². The molecule has 1 aromatic heterocycles. The molecule has 0 atom stereocenters. The molecule has 0 unspecified atom stereocenters. The Kier molecular flexibility index (Phi) is 2.59. The van der Waals surface area contributed by atoms with Crippen molar-refractivity contribution in [3.05, 3.63) is 30.1 Å². The molecular weight excluding hydrogens is 246 g/mol. The van der Waals surface area contributed by atoms with E-state index in [0.29, 0.717) is 29.4 Å². The van der Waals surface area contributed by atoms with Crippen LogP contribution in [-0.2, 0) is 18.4 Å². The van der Waals surface area contributed by atoms with Gasteiger partial charge in [-0.2, -0.15) is 0 Å². The first-order valence-electron chi connectivity index (χ1n) is 5.81. The van der Waals surface area contributed by atoms with Crippen LogP contribution in [0.25, 0.3) is 0 Å². The third-order valence-electron chi connectivity index (χ3n) is 2.90. The van der Waals surface area contributed by atoms with E-state index in [-0.39, 0.29) is 12.5 Å². The first-order chi connectivity index (χ1) is 9.13. The first kappa shape index (κ1) is 11.5. The lowest BCUT2D eigenvalue weighted by Crippen LogP contribution is -2.38. The number of carbonyl (C=O) groups excluding carboxylic acids is 1. The molecule has 0 saturated heterocycles. The summed E-state index contributed by atoms with van der Waals surface area (Å²) in [5.74, 6) is 0.529. The van der Waals surface area contributed by atoms with Crippen LogP contribution in [0.5, 0.6) is 5.75 Å². The minimum absolute atomic E-state index is 0.0250. The van der Waals surface area contributed by atoms with Crippen LogP contribution in [0, 0.1) is 0 Å². The van der Waals surface area contributed by atoms with Crippen LogP contribution in [0.15, 0.2) is 24.4 Å². The number of benzene rings is 1. The maximum atomic E-state index is 12.0. The lowest BCUT2D eigenvalue weighted by molar-refractivity contribution is -0.121. The van der Waals surface area contributed by atoms with Crippen molar-refractivity contribution in [1.82, 2.24) is 15.0 Å². The van der Waals surface area contributed by atoms with E-state index in [2.05, 4.69) is 10.3 Å². The number of aryl methyl sites for hydroxylation is 1. The fourth-order valence-electron chi connectivity index (χ4n) is 2.02. The van der Waals surface area contributed by atoms with Crippen LogP contribution >= 0.6 is 0 Å². The van der Waals surface area contributed by atoms with Crippen molar-refractivity contribution in [2.75, 3.05) is 17.2 Å². The first-order valence-corrected chi connectivity index (χ1v) is 5.81. The summed E-state index contributed by atoms with van der Waals surface area (Å²) >= 11 is 0. The summed E-state index contributed by atoms with van der Waals surface area (Å²) in [6.45, 7) is 0.379. The van der Waals surface area contributed by atoms with E-state index in [4.69, 9.17) is 10.5 Å². The highest BCUT2D eigenvalue weighted by atomic mass is 16.5. The molecule has 3 rings (SSSR count). The third-order valence-corrected chi connectivity index (χ3v) is 2.90. The van der Waals surface area contributed by atoms with E-state index in [1.165, 1.54) is 0 Å². The van der Waals surface area contributed by atoms with Gasteiger partial charge in [-0.1, -0.05) is 5.21 Å². The minimum atomic E-state index is -0.122. The average molecular weight is 259 g/mol. The van der Waals surface area contributed by atoms with Crippen LogP contribution in [0.1, 0.15) is 5.69 Å². The number of ether oxygens (including phenoxy) is 1. The Bertz CT molecular complexity index is 637. The van der Waals surface area contributed by atoms with Crippen molar-refractivity contribution < 1.29 is 9.53 Å². The third kappa shape index (κ3) is 2.10. The van der Waals surface area contributed by atoms with Crippen molar-refractivity contribution in [3.8, 4) is 5.75 Å². The van der Waals surface area contributed by atoms with Gasteiger partial charge in [-0.15, -0.1) is 5.10 Å². The Morgan fingerprint density at radius 3 is 3.05 bits per heavy atom. The number of nitrogens with zero attached hydrogens (tertiary/aromatic N) is 4. The quantitative estimate of drug-likeness (QED) is 0.785. The van der Waals surface area contributed by atoms with Gasteiger partial charge in [0.05, 0.1) is 12.2 Å². The van der Waals surface area contributed by atoms with E-state index < -0.39 is 0 Å². The van der Waals surface area contributed by atoms with Crippen molar-refractivity contribution in [3.63, 3.8) is 0 Å². The fourth-order valence-corrected chi connectivity index (χ4v) is 2.02. The Morgan fingerprint density at radius 2 is 2.32 bits per heavy atom. The molecule has 1 aromatic carbocycles. The molecule has 1 aliphatic heterocycles. The van der Waals surface area contributed by atoms with Gasteiger partial charge >= 0.3 is 0 Å². The van der Waals surface area contributed by atoms with Crippen LogP contribution in [0.2, 0.25) is 0 Å². The van der Waals surface area contributed by atoms with Gasteiger partial charge in [-0.05, 0) is 18.2 Å². The van der Waals surface area contributed by atoms with Gasteiger partial charge in [-0.25, -0.2) is 0 Å². The Labute approximate surface area is 109 Å². The highest BCUT2D eigenvalue weighted by Crippen LogP contribution is 2.34. The molecule has 2 heterocycles. The second-order valence-electron chi connectivity index (χ2n) is 4.38. The maximum absolute atomic E-state index is 12.0. The molecule has 1 aliphatic rings. The number of anilines is 2. The molecule has 19 heavy (non-hydrogen) atoms. The molecule has 0 saturated carbocycles. The van der Waals surface area contributed by atoms with Gasteiger partial charge < -0.3 is 10.5 Å². The summed E-state index contributed by atoms with van der Waals surface area (Å²) in [7, 11) is 1.78. The molecule has 2 aromatic rings. The zero-order valence-electron chi connectivity index (χ0n) is 10.4.